The molecule has 0 N–H and O–H groups in total. The Kier molecular flexibility index (Phi) is 17.3. The van der Waals surface area contributed by atoms with Crippen molar-refractivity contribution < 1.29 is 51.4 Å². The van der Waals surface area contributed by atoms with Gasteiger partial charge in [-0.1, -0.05) is 84.0 Å². The van der Waals surface area contributed by atoms with Crippen LogP contribution in [0.2, 0.25) is 0 Å². The van der Waals surface area contributed by atoms with Gasteiger partial charge in [0, 0.05) is 6.61 Å². The van der Waals surface area contributed by atoms with Gasteiger partial charge in [0.2, 0.25) is 10.4 Å². The average Bonchev–Trinajstić information content (AvgIpc) is 3.08. The summed E-state index contributed by atoms with van der Waals surface area (Å²) in [6, 6.07) is 0. The van der Waals surface area contributed by atoms with Crippen molar-refractivity contribution in [2.24, 2.45) is 0 Å². The maximum atomic E-state index is 10.9. The monoisotopic (exact) mass is 400 g/mol. The fourth-order valence-corrected chi connectivity index (χ4v) is 4.05. The Hall–Kier alpha value is 0.830. The zero-order valence-electron chi connectivity index (χ0n) is 16.9. The Labute approximate surface area is 183 Å². The predicted octanol–water partition coefficient (Wildman–Crippen LogP) is 2.11. The van der Waals surface area contributed by atoms with Gasteiger partial charge in [0.05, 0.1) is 6.10 Å². The third-order valence-electron chi connectivity index (χ3n) is 4.96. The second-order valence-corrected chi connectivity index (χ2v) is 8.28. The van der Waals surface area contributed by atoms with Crippen molar-refractivity contribution in [3.63, 3.8) is 0 Å². The van der Waals surface area contributed by atoms with Crippen LogP contribution in [-0.4, -0.2) is 31.8 Å². The molecule has 1 heterocycles. The molecule has 7 heteroatoms. The average molecular weight is 401 g/mol. The Morgan fingerprint density at radius 1 is 0.962 bits per heavy atom. The molecule has 1 saturated heterocycles. The minimum atomic E-state index is -4.66. The molecule has 0 aromatic heterocycles. The summed E-state index contributed by atoms with van der Waals surface area (Å²) in [6.45, 7) is 2.87. The van der Waals surface area contributed by atoms with Crippen LogP contribution >= 0.6 is 0 Å². The summed E-state index contributed by atoms with van der Waals surface area (Å²) in [7, 11) is -4.66. The largest absolute Gasteiger partial charge is 1.00 e. The van der Waals surface area contributed by atoms with Crippen LogP contribution in [0.4, 0.5) is 0 Å². The normalized spacial score (nSPS) is 18.6. The molecule has 0 radical (unpaired) electrons. The number of rotatable bonds is 16. The molecule has 0 aliphatic carbocycles. The van der Waals surface area contributed by atoms with Crippen molar-refractivity contribution >= 4 is 10.4 Å². The van der Waals surface area contributed by atoms with E-state index in [4.69, 9.17) is 8.92 Å². The van der Waals surface area contributed by atoms with E-state index in [1.807, 2.05) is 0 Å². The molecule has 5 nitrogen and oxygen atoms in total. The Morgan fingerprint density at radius 3 is 1.88 bits per heavy atom. The number of hydrogen-bond donors (Lipinski definition) is 0. The number of unbranched alkanes of at least 4 members (excludes halogenated alkanes) is 11. The molecule has 150 valence electrons. The summed E-state index contributed by atoms with van der Waals surface area (Å²) >= 11 is 0. The zero-order valence-corrected chi connectivity index (χ0v) is 19.7. The summed E-state index contributed by atoms with van der Waals surface area (Å²) < 4.78 is 42.9. The van der Waals surface area contributed by atoms with Crippen molar-refractivity contribution in [1.29, 1.82) is 0 Å². The standard InChI is InChI=1S/C19H38O5S.Na/c1-2-3-4-5-6-7-8-9-10-11-12-13-15-19(24-25(20,21)22)18-16-14-17-23-18;/h18-19H,2-17H2,1H3,(H,20,21,22);/q;+1/p-1. The molecule has 2 unspecified atom stereocenters. The van der Waals surface area contributed by atoms with Crippen molar-refractivity contribution in [2.75, 3.05) is 6.61 Å². The molecular formula is C19H37NaO5S. The molecule has 26 heavy (non-hydrogen) atoms. The van der Waals surface area contributed by atoms with E-state index in [2.05, 4.69) is 6.92 Å². The first-order chi connectivity index (χ1) is 12.0. The van der Waals surface area contributed by atoms with Gasteiger partial charge >= 0.3 is 29.6 Å². The van der Waals surface area contributed by atoms with Gasteiger partial charge in [-0.2, -0.15) is 0 Å². The fraction of sp³-hybridized carbons (Fsp3) is 1.00. The molecule has 0 aromatic rings. The van der Waals surface area contributed by atoms with Gasteiger partial charge in [-0.25, -0.2) is 8.42 Å². The molecule has 0 aromatic carbocycles. The maximum absolute atomic E-state index is 10.9. The first-order valence-electron chi connectivity index (χ1n) is 10.3. The van der Waals surface area contributed by atoms with Crippen LogP contribution in [0.15, 0.2) is 0 Å². The maximum Gasteiger partial charge on any atom is 1.00 e. The van der Waals surface area contributed by atoms with E-state index < -0.39 is 16.5 Å². The van der Waals surface area contributed by atoms with Gasteiger partial charge in [-0.3, -0.25) is 4.18 Å². The fourth-order valence-electron chi connectivity index (χ4n) is 3.53. The van der Waals surface area contributed by atoms with Crippen molar-refractivity contribution in [3.05, 3.63) is 0 Å². The van der Waals surface area contributed by atoms with Crippen LogP contribution in [-0.2, 0) is 19.3 Å². The zero-order chi connectivity index (χ0) is 18.4. The molecule has 1 rings (SSSR count). The number of ether oxygens (including phenoxy) is 1. The van der Waals surface area contributed by atoms with E-state index in [0.29, 0.717) is 13.0 Å². The predicted molar refractivity (Wildman–Crippen MR) is 99.2 cm³/mol. The number of hydrogen-bond acceptors (Lipinski definition) is 5. The summed E-state index contributed by atoms with van der Waals surface area (Å²) in [4.78, 5) is 0. The molecule has 2 atom stereocenters. The quantitative estimate of drug-likeness (QED) is 0.172. The Morgan fingerprint density at radius 2 is 1.46 bits per heavy atom. The Balaban J connectivity index is 0.00000625. The van der Waals surface area contributed by atoms with Gasteiger partial charge < -0.3 is 9.29 Å². The van der Waals surface area contributed by atoms with Crippen LogP contribution in [0.1, 0.15) is 103 Å². The van der Waals surface area contributed by atoms with E-state index in [1.165, 1.54) is 57.8 Å². The minimum absolute atomic E-state index is 0. The smallest absolute Gasteiger partial charge is 0.726 e. The molecule has 1 fully saturated rings. The van der Waals surface area contributed by atoms with Gasteiger partial charge in [0.15, 0.2) is 0 Å². The third-order valence-corrected chi connectivity index (χ3v) is 5.45. The van der Waals surface area contributed by atoms with Crippen LogP contribution in [0.25, 0.3) is 0 Å². The van der Waals surface area contributed by atoms with E-state index in [1.54, 1.807) is 0 Å². The van der Waals surface area contributed by atoms with Gasteiger partial charge in [-0.05, 0) is 19.3 Å². The second-order valence-electron chi connectivity index (χ2n) is 7.27. The molecule has 0 spiro atoms. The van der Waals surface area contributed by atoms with E-state index >= 15 is 0 Å². The van der Waals surface area contributed by atoms with Crippen LogP contribution in [0, 0.1) is 0 Å². The molecule has 1 aliphatic heterocycles. The molecular weight excluding hydrogens is 363 g/mol. The summed E-state index contributed by atoms with van der Waals surface area (Å²) in [6.07, 6.45) is 16.5. The second kappa shape index (κ2) is 16.8. The van der Waals surface area contributed by atoms with Crippen LogP contribution in [0.3, 0.4) is 0 Å². The first kappa shape index (κ1) is 26.8. The van der Waals surface area contributed by atoms with E-state index in [0.717, 1.165) is 32.1 Å². The summed E-state index contributed by atoms with van der Waals surface area (Å²) in [5.41, 5.74) is 0. The molecule has 1 aliphatic rings. The minimum Gasteiger partial charge on any atom is -0.726 e. The first-order valence-corrected chi connectivity index (χ1v) is 11.6. The SMILES string of the molecule is CCCCCCCCCCCCCCC(OS(=O)(=O)[O-])C1CCCO1.[Na+]. The van der Waals surface area contributed by atoms with Crippen molar-refractivity contribution in [3.8, 4) is 0 Å². The summed E-state index contributed by atoms with van der Waals surface area (Å²) in [5, 5.41) is 0. The van der Waals surface area contributed by atoms with Crippen LogP contribution < -0.4 is 29.6 Å². The molecule has 0 bridgehead atoms. The van der Waals surface area contributed by atoms with Gasteiger partial charge in [0.25, 0.3) is 0 Å². The van der Waals surface area contributed by atoms with E-state index in [-0.39, 0.29) is 35.7 Å². The topological polar surface area (TPSA) is 75.7 Å². The third kappa shape index (κ3) is 14.8. The van der Waals surface area contributed by atoms with Crippen molar-refractivity contribution in [2.45, 2.75) is 115 Å². The van der Waals surface area contributed by atoms with Crippen molar-refractivity contribution in [1.82, 2.24) is 0 Å². The molecule has 0 amide bonds. The Bertz CT molecular complexity index is 410. The van der Waals surface area contributed by atoms with Gasteiger partial charge in [-0.15, -0.1) is 0 Å². The molecule has 0 saturated carbocycles. The van der Waals surface area contributed by atoms with Crippen LogP contribution in [0.5, 0.6) is 0 Å². The summed E-state index contributed by atoms with van der Waals surface area (Å²) in [5.74, 6) is 0. The van der Waals surface area contributed by atoms with E-state index in [9.17, 15) is 13.0 Å². The van der Waals surface area contributed by atoms with Gasteiger partial charge in [0.1, 0.15) is 6.10 Å².